The van der Waals surface area contributed by atoms with Gasteiger partial charge in [0.1, 0.15) is 5.75 Å². The zero-order chi connectivity index (χ0) is 13.8. The van der Waals surface area contributed by atoms with Gasteiger partial charge in [0.05, 0.1) is 10.6 Å². The molecule has 2 aromatic rings. The van der Waals surface area contributed by atoms with Crippen molar-refractivity contribution in [3.8, 4) is 11.6 Å². The quantitative estimate of drug-likeness (QED) is 0.388. The molecule has 0 fully saturated rings. The Balaban J connectivity index is 2.38. The second kappa shape index (κ2) is 5.90. The van der Waals surface area contributed by atoms with Crippen LogP contribution in [0.4, 0.5) is 0 Å². The molecular weight excluding hydrogens is 334 g/mol. The van der Waals surface area contributed by atoms with Crippen molar-refractivity contribution >= 4 is 33.4 Å². The van der Waals surface area contributed by atoms with Gasteiger partial charge in [-0.25, -0.2) is 4.98 Å². The summed E-state index contributed by atoms with van der Waals surface area (Å²) >= 11 is 9.35. The fraction of sp³-hybridized carbons (Fsp3) is 0. The Bertz CT molecular complexity index is 634. The Hall–Kier alpha value is -1.79. The highest BCUT2D eigenvalue weighted by Gasteiger charge is 2.12. The van der Waals surface area contributed by atoms with Gasteiger partial charge >= 0.3 is 0 Å². The maximum Gasteiger partial charge on any atom is 0.230 e. The standard InChI is InChI=1S/C12H9BrClN3O2/c13-7-3-4-10(9(14)6-7)19-12-8(11(15)17-18)2-1-5-16-12/h1-6,18H,(H2,15,17). The molecule has 1 aromatic carbocycles. The van der Waals surface area contributed by atoms with E-state index in [1.54, 1.807) is 30.3 Å². The molecule has 98 valence electrons. The second-order valence-electron chi connectivity index (χ2n) is 3.52. The molecule has 5 nitrogen and oxygen atoms in total. The summed E-state index contributed by atoms with van der Waals surface area (Å²) in [6.07, 6.45) is 1.54. The van der Waals surface area contributed by atoms with Crippen molar-refractivity contribution < 1.29 is 9.94 Å². The van der Waals surface area contributed by atoms with Gasteiger partial charge in [-0.1, -0.05) is 32.7 Å². The molecule has 0 unspecified atom stereocenters. The molecular formula is C12H9BrClN3O2. The number of nitrogens with two attached hydrogens (primary N) is 1. The van der Waals surface area contributed by atoms with E-state index < -0.39 is 0 Å². The van der Waals surface area contributed by atoms with Crippen molar-refractivity contribution in [2.24, 2.45) is 10.9 Å². The van der Waals surface area contributed by atoms with E-state index >= 15 is 0 Å². The Morgan fingerprint density at radius 2 is 2.21 bits per heavy atom. The molecule has 1 heterocycles. The van der Waals surface area contributed by atoms with Crippen LogP contribution in [0.1, 0.15) is 5.56 Å². The van der Waals surface area contributed by atoms with Crippen LogP contribution >= 0.6 is 27.5 Å². The molecule has 0 bridgehead atoms. The second-order valence-corrected chi connectivity index (χ2v) is 4.84. The smallest absolute Gasteiger partial charge is 0.230 e. The van der Waals surface area contributed by atoms with Gasteiger partial charge in [0.25, 0.3) is 0 Å². The molecule has 19 heavy (non-hydrogen) atoms. The molecule has 0 aliphatic carbocycles. The van der Waals surface area contributed by atoms with Crippen LogP contribution < -0.4 is 10.5 Å². The molecule has 1 aromatic heterocycles. The SMILES string of the molecule is N/C(=N\O)c1cccnc1Oc1ccc(Br)cc1Cl. The third-order valence-electron chi connectivity index (χ3n) is 2.26. The first kappa shape index (κ1) is 13.6. The number of rotatable bonds is 3. The predicted octanol–water partition coefficient (Wildman–Crippen LogP) is 3.38. The molecule has 2 rings (SSSR count). The monoisotopic (exact) mass is 341 g/mol. The van der Waals surface area contributed by atoms with Gasteiger partial charge in [-0.2, -0.15) is 0 Å². The fourth-order valence-corrected chi connectivity index (χ4v) is 2.10. The first-order valence-electron chi connectivity index (χ1n) is 5.17. The van der Waals surface area contributed by atoms with Gasteiger partial charge in [-0.05, 0) is 30.3 Å². The van der Waals surface area contributed by atoms with Crippen molar-refractivity contribution in [3.05, 3.63) is 51.6 Å². The van der Waals surface area contributed by atoms with Crippen LogP contribution in [0.5, 0.6) is 11.6 Å². The minimum Gasteiger partial charge on any atom is -0.437 e. The summed E-state index contributed by atoms with van der Waals surface area (Å²) in [5.41, 5.74) is 5.93. The number of nitrogens with zero attached hydrogens (tertiary/aromatic N) is 2. The molecule has 0 aliphatic heterocycles. The van der Waals surface area contributed by atoms with E-state index in [1.165, 1.54) is 6.20 Å². The van der Waals surface area contributed by atoms with Crippen LogP contribution in [0.2, 0.25) is 5.02 Å². The van der Waals surface area contributed by atoms with Crippen LogP contribution in [0, 0.1) is 0 Å². The molecule has 0 atom stereocenters. The van der Waals surface area contributed by atoms with Crippen LogP contribution in [0.3, 0.4) is 0 Å². The average Bonchev–Trinajstić information content (AvgIpc) is 2.41. The van der Waals surface area contributed by atoms with E-state index in [9.17, 15) is 0 Å². The van der Waals surface area contributed by atoms with Crippen molar-refractivity contribution in [1.29, 1.82) is 0 Å². The lowest BCUT2D eigenvalue weighted by Crippen LogP contribution is -2.14. The van der Waals surface area contributed by atoms with E-state index in [-0.39, 0.29) is 11.7 Å². The van der Waals surface area contributed by atoms with Crippen LogP contribution in [-0.4, -0.2) is 16.0 Å². The Labute approximate surface area is 122 Å². The highest BCUT2D eigenvalue weighted by Crippen LogP contribution is 2.32. The summed E-state index contributed by atoms with van der Waals surface area (Å²) in [4.78, 5) is 4.04. The van der Waals surface area contributed by atoms with Crippen LogP contribution in [-0.2, 0) is 0 Å². The molecule has 3 N–H and O–H groups in total. The predicted molar refractivity (Wildman–Crippen MR) is 76.0 cm³/mol. The number of hydrogen-bond acceptors (Lipinski definition) is 4. The minimum absolute atomic E-state index is 0.0867. The zero-order valence-corrected chi connectivity index (χ0v) is 11.9. The first-order valence-corrected chi connectivity index (χ1v) is 6.34. The number of aromatic nitrogens is 1. The number of hydrogen-bond donors (Lipinski definition) is 2. The van der Waals surface area contributed by atoms with Crippen molar-refractivity contribution in [3.63, 3.8) is 0 Å². The topological polar surface area (TPSA) is 80.7 Å². The third-order valence-corrected chi connectivity index (χ3v) is 3.04. The lowest BCUT2D eigenvalue weighted by molar-refractivity contribution is 0.318. The van der Waals surface area contributed by atoms with Crippen LogP contribution in [0.15, 0.2) is 46.2 Å². The van der Waals surface area contributed by atoms with Gasteiger partial charge in [0.2, 0.25) is 5.88 Å². The van der Waals surface area contributed by atoms with Crippen molar-refractivity contribution in [2.75, 3.05) is 0 Å². The Morgan fingerprint density at radius 1 is 1.42 bits per heavy atom. The maximum absolute atomic E-state index is 8.72. The highest BCUT2D eigenvalue weighted by molar-refractivity contribution is 9.10. The minimum atomic E-state index is -0.0867. The number of ether oxygens (including phenoxy) is 1. The fourth-order valence-electron chi connectivity index (χ4n) is 1.38. The van der Waals surface area contributed by atoms with E-state index in [1.807, 2.05) is 0 Å². The number of halogens is 2. The Morgan fingerprint density at radius 3 is 2.89 bits per heavy atom. The van der Waals surface area contributed by atoms with E-state index in [4.69, 9.17) is 27.3 Å². The number of pyridine rings is 1. The Kier molecular flexibility index (Phi) is 4.24. The first-order chi connectivity index (χ1) is 9.11. The van der Waals surface area contributed by atoms with Gasteiger partial charge in [-0.3, -0.25) is 0 Å². The lowest BCUT2D eigenvalue weighted by atomic mass is 10.2. The summed E-state index contributed by atoms with van der Waals surface area (Å²) < 4.78 is 6.42. The summed E-state index contributed by atoms with van der Waals surface area (Å²) in [5.74, 6) is 0.550. The molecule has 0 saturated heterocycles. The summed E-state index contributed by atoms with van der Waals surface area (Å²) in [6, 6.07) is 8.46. The maximum atomic E-state index is 8.72. The molecule has 0 radical (unpaired) electrons. The van der Waals surface area contributed by atoms with E-state index in [2.05, 4.69) is 26.1 Å². The van der Waals surface area contributed by atoms with Gasteiger partial charge in [0, 0.05) is 10.7 Å². The lowest BCUT2D eigenvalue weighted by Gasteiger charge is -2.10. The molecule has 0 amide bonds. The summed E-state index contributed by atoms with van der Waals surface area (Å²) in [6.45, 7) is 0. The summed E-state index contributed by atoms with van der Waals surface area (Å²) in [5, 5.41) is 12.1. The van der Waals surface area contributed by atoms with Gasteiger partial charge in [0.15, 0.2) is 5.84 Å². The van der Waals surface area contributed by atoms with Crippen molar-refractivity contribution in [1.82, 2.24) is 4.98 Å². The molecule has 0 aliphatic rings. The highest BCUT2D eigenvalue weighted by atomic mass is 79.9. The van der Waals surface area contributed by atoms with E-state index in [0.717, 1.165) is 4.47 Å². The van der Waals surface area contributed by atoms with Gasteiger partial charge < -0.3 is 15.7 Å². The van der Waals surface area contributed by atoms with Crippen LogP contribution in [0.25, 0.3) is 0 Å². The van der Waals surface area contributed by atoms with Crippen molar-refractivity contribution in [2.45, 2.75) is 0 Å². The zero-order valence-electron chi connectivity index (χ0n) is 9.55. The molecule has 7 heteroatoms. The molecule has 0 spiro atoms. The molecule has 0 saturated carbocycles. The largest absolute Gasteiger partial charge is 0.437 e. The number of benzene rings is 1. The third kappa shape index (κ3) is 3.15. The summed E-state index contributed by atoms with van der Waals surface area (Å²) in [7, 11) is 0. The average molecular weight is 343 g/mol. The number of oxime groups is 1. The van der Waals surface area contributed by atoms with E-state index in [0.29, 0.717) is 16.3 Å². The van der Waals surface area contributed by atoms with Gasteiger partial charge in [-0.15, -0.1) is 0 Å². The number of amidine groups is 1. The normalized spacial score (nSPS) is 11.4.